The molecule has 0 saturated carbocycles. The van der Waals surface area contributed by atoms with Crippen molar-refractivity contribution in [3.63, 3.8) is 0 Å². The van der Waals surface area contributed by atoms with E-state index in [4.69, 9.17) is 0 Å². The quantitative estimate of drug-likeness (QED) is 0.305. The molecule has 0 unspecified atom stereocenters. The third-order valence-electron chi connectivity index (χ3n) is 3.00. The van der Waals surface area contributed by atoms with Crippen molar-refractivity contribution in [2.75, 3.05) is 0 Å². The van der Waals surface area contributed by atoms with E-state index in [1.54, 1.807) is 0 Å². The Hall–Kier alpha value is 1.81. The normalized spacial score (nSPS) is 8.47. The molecule has 0 bridgehead atoms. The zero-order valence-corrected chi connectivity index (χ0v) is 20.0. The molecule has 0 aliphatic rings. The van der Waals surface area contributed by atoms with Gasteiger partial charge in [-0.2, -0.15) is 0 Å². The number of hydrogen-bond donors (Lipinski definition) is 0. The molecule has 114 valence electrons. The van der Waals surface area contributed by atoms with Gasteiger partial charge in [0.1, 0.15) is 0 Å². The van der Waals surface area contributed by atoms with E-state index in [9.17, 15) is 0 Å². The number of rotatable bonds is 6. The summed E-state index contributed by atoms with van der Waals surface area (Å²) in [5.41, 5.74) is 0. The fraction of sp³-hybridized carbons (Fsp3) is 0.857. The second kappa shape index (κ2) is 26.4. The molecule has 0 amide bonds. The summed E-state index contributed by atoms with van der Waals surface area (Å²) in [4.78, 5) is 0. The van der Waals surface area contributed by atoms with Crippen LogP contribution in [-0.4, -0.2) is 29.3 Å². The monoisotopic (exact) mass is 551 g/mol. The van der Waals surface area contributed by atoms with Crippen LogP contribution < -0.4 is 0 Å². The van der Waals surface area contributed by atoms with E-state index in [1.807, 2.05) is 0 Å². The minimum atomic E-state index is -0.403. The Bertz CT molecular complexity index is 69.2. The van der Waals surface area contributed by atoms with E-state index in [0.717, 1.165) is 0 Å². The van der Waals surface area contributed by atoms with Gasteiger partial charge in [-0.1, -0.05) is 0 Å². The van der Waals surface area contributed by atoms with E-state index >= 15 is 0 Å². The minimum Gasteiger partial charge on any atom is -0.358 e. The standard InChI is InChI=1S/2C6H16As.2CH3.Pt/c2*1-4-7(5-2)6-3;;;/h2*7H,4-6H2,1-3H3;2*1H3;/q;;2*-1;+2. The van der Waals surface area contributed by atoms with Crippen molar-refractivity contribution in [1.82, 2.24) is 0 Å². The maximum Gasteiger partial charge on any atom is 2.00 e. The average molecular weight is 551 g/mol. The SMILES string of the molecule is CC[AsH](CC)CC.CC[AsH](CC)CC.[CH3-].[CH3-].[Pt+2]. The Kier molecular flexibility index (Phi) is 48.5. The fourth-order valence-corrected chi connectivity index (χ4v) is 7.79. The molecule has 0 atom stereocenters. The van der Waals surface area contributed by atoms with Crippen molar-refractivity contribution in [2.24, 2.45) is 0 Å². The van der Waals surface area contributed by atoms with Crippen molar-refractivity contribution < 1.29 is 21.1 Å². The molecule has 0 aliphatic carbocycles. The molecule has 0 aliphatic heterocycles. The van der Waals surface area contributed by atoms with Gasteiger partial charge in [-0.05, 0) is 0 Å². The topological polar surface area (TPSA) is 0 Å². The van der Waals surface area contributed by atoms with Crippen molar-refractivity contribution in [1.29, 1.82) is 0 Å². The molecule has 0 rings (SSSR count). The first-order chi connectivity index (χ1) is 6.69. The fourth-order valence-electron chi connectivity index (χ4n) is 1.50. The van der Waals surface area contributed by atoms with Crippen LogP contribution in [0.2, 0.25) is 31.3 Å². The first kappa shape index (κ1) is 31.3. The van der Waals surface area contributed by atoms with Crippen molar-refractivity contribution in [2.45, 2.75) is 72.8 Å². The second-order valence-corrected chi connectivity index (χ2v) is 18.8. The van der Waals surface area contributed by atoms with Crippen molar-refractivity contribution in [3.8, 4) is 0 Å². The predicted octanol–water partition coefficient (Wildman–Crippen LogP) is 5.44. The molecule has 0 aromatic rings. The Balaban J connectivity index is -0.0000000480. The van der Waals surface area contributed by atoms with Gasteiger partial charge in [0.25, 0.3) is 0 Å². The van der Waals surface area contributed by atoms with Crippen LogP contribution in [0.3, 0.4) is 0 Å². The smallest absolute Gasteiger partial charge is 0.358 e. The summed E-state index contributed by atoms with van der Waals surface area (Å²) in [6, 6.07) is 0. The van der Waals surface area contributed by atoms with E-state index in [2.05, 4.69) is 41.5 Å². The van der Waals surface area contributed by atoms with Gasteiger partial charge in [0, 0.05) is 0 Å². The van der Waals surface area contributed by atoms with E-state index in [1.165, 1.54) is 31.3 Å². The maximum absolute atomic E-state index is 2.34. The van der Waals surface area contributed by atoms with Crippen LogP contribution in [-0.2, 0) is 21.1 Å². The van der Waals surface area contributed by atoms with Gasteiger partial charge in [-0.3, -0.25) is 0 Å². The van der Waals surface area contributed by atoms with Gasteiger partial charge in [-0.25, -0.2) is 0 Å². The minimum absolute atomic E-state index is 0. The summed E-state index contributed by atoms with van der Waals surface area (Å²) >= 11 is -0.806. The van der Waals surface area contributed by atoms with Crippen LogP contribution in [0.5, 0.6) is 0 Å². The van der Waals surface area contributed by atoms with E-state index in [0.29, 0.717) is 0 Å². The molecule has 0 heterocycles. The average Bonchev–Trinajstić information content (AvgIpc) is 2.24. The molecular formula is C14H38As2Pt. The third-order valence-corrected chi connectivity index (χ3v) is 15.6. The van der Waals surface area contributed by atoms with Gasteiger partial charge in [-0.15, -0.1) is 0 Å². The third kappa shape index (κ3) is 23.3. The molecule has 0 aromatic heterocycles. The van der Waals surface area contributed by atoms with E-state index in [-0.39, 0.29) is 35.9 Å². The largest absolute Gasteiger partial charge is 2.00 e. The summed E-state index contributed by atoms with van der Waals surface area (Å²) in [7, 11) is 0. The van der Waals surface area contributed by atoms with Gasteiger partial charge >= 0.3 is 123 Å². The molecule has 3 heteroatoms. The van der Waals surface area contributed by atoms with Gasteiger partial charge < -0.3 is 14.9 Å². The van der Waals surface area contributed by atoms with Crippen LogP contribution in [0.1, 0.15) is 41.5 Å². The molecule has 0 N–H and O–H groups in total. The van der Waals surface area contributed by atoms with Gasteiger partial charge in [0.15, 0.2) is 0 Å². The van der Waals surface area contributed by atoms with Crippen LogP contribution >= 0.6 is 0 Å². The van der Waals surface area contributed by atoms with Crippen LogP contribution in [0, 0.1) is 14.9 Å². The van der Waals surface area contributed by atoms with Gasteiger partial charge in [0.05, 0.1) is 0 Å². The summed E-state index contributed by atoms with van der Waals surface area (Å²) in [5.74, 6) is 0. The Morgan fingerprint density at radius 3 is 0.588 bits per heavy atom. The van der Waals surface area contributed by atoms with E-state index < -0.39 is 29.3 Å². The zero-order chi connectivity index (χ0) is 11.4. The Morgan fingerprint density at radius 1 is 0.471 bits per heavy atom. The molecule has 0 nitrogen and oxygen atoms in total. The summed E-state index contributed by atoms with van der Waals surface area (Å²) in [6.45, 7) is 14.0. The van der Waals surface area contributed by atoms with Gasteiger partial charge in [0.2, 0.25) is 0 Å². The molecule has 0 saturated heterocycles. The zero-order valence-electron chi connectivity index (χ0n) is 13.6. The van der Waals surface area contributed by atoms with Crippen molar-refractivity contribution in [3.05, 3.63) is 14.9 Å². The van der Waals surface area contributed by atoms with Crippen LogP contribution in [0.15, 0.2) is 0 Å². The summed E-state index contributed by atoms with van der Waals surface area (Å²) in [6.07, 6.45) is 0. The predicted molar refractivity (Wildman–Crippen MR) is 90.0 cm³/mol. The summed E-state index contributed by atoms with van der Waals surface area (Å²) < 4.78 is 0. The van der Waals surface area contributed by atoms with Crippen LogP contribution in [0.25, 0.3) is 0 Å². The molecule has 17 heavy (non-hydrogen) atoms. The Labute approximate surface area is 137 Å². The van der Waals surface area contributed by atoms with Crippen LogP contribution in [0.4, 0.5) is 0 Å². The first-order valence-corrected chi connectivity index (χ1v) is 15.3. The first-order valence-electron chi connectivity index (χ1n) is 6.36. The number of hydrogen-bond acceptors (Lipinski definition) is 0. The summed E-state index contributed by atoms with van der Waals surface area (Å²) in [5, 5.41) is 9.12. The molecular weight excluding hydrogens is 513 g/mol. The van der Waals surface area contributed by atoms with Crippen molar-refractivity contribution >= 4 is 29.3 Å². The maximum atomic E-state index is 2.34. The molecule has 0 fully saturated rings. The molecule has 2 radical (unpaired) electrons. The molecule has 0 spiro atoms. The Morgan fingerprint density at radius 2 is 0.588 bits per heavy atom. The second-order valence-electron chi connectivity index (χ2n) is 3.62. The molecule has 0 aromatic carbocycles.